The summed E-state index contributed by atoms with van der Waals surface area (Å²) < 4.78 is 0. The normalized spacial score (nSPS) is 11.2. The summed E-state index contributed by atoms with van der Waals surface area (Å²) in [6.07, 6.45) is 1.92. The number of nitrogens with two attached hydrogens (primary N) is 1. The molecule has 0 amide bonds. The first-order chi connectivity index (χ1) is 8.70. The summed E-state index contributed by atoms with van der Waals surface area (Å²) in [6.45, 7) is 2.00. The molecular formula is C12H11N5S. The molecule has 3 rings (SSSR count). The van der Waals surface area contributed by atoms with E-state index in [9.17, 15) is 0 Å². The number of aryl methyl sites for hydroxylation is 1. The predicted octanol–water partition coefficient (Wildman–Crippen LogP) is 2.19. The minimum atomic E-state index is 0.375. The zero-order valence-electron chi connectivity index (χ0n) is 10.0. The standard InChI is InChI=1S/C12H11N5S/c1-6-4-3-5-7-8(6)16-17-10-9(7)14-12(18-2)15-11(10)13/h3-5H,1-2H3,(H2,13,14,15). The molecule has 2 heterocycles. The highest BCUT2D eigenvalue weighted by atomic mass is 32.2. The lowest BCUT2D eigenvalue weighted by Crippen LogP contribution is -2.00. The van der Waals surface area contributed by atoms with E-state index in [0.717, 1.165) is 22.0 Å². The number of aromatic nitrogens is 4. The lowest BCUT2D eigenvalue weighted by Gasteiger charge is -2.06. The minimum Gasteiger partial charge on any atom is -0.382 e. The van der Waals surface area contributed by atoms with Gasteiger partial charge in [0.1, 0.15) is 5.52 Å². The third-order valence-corrected chi connectivity index (χ3v) is 3.36. The average Bonchev–Trinajstić information content (AvgIpc) is 2.39. The lowest BCUT2D eigenvalue weighted by atomic mass is 10.1. The fraction of sp³-hybridized carbons (Fsp3) is 0.167. The molecule has 0 bridgehead atoms. The van der Waals surface area contributed by atoms with Gasteiger partial charge >= 0.3 is 0 Å². The summed E-state index contributed by atoms with van der Waals surface area (Å²) in [6, 6.07) is 5.97. The first kappa shape index (κ1) is 11.2. The van der Waals surface area contributed by atoms with E-state index in [1.165, 1.54) is 11.8 Å². The van der Waals surface area contributed by atoms with Crippen molar-refractivity contribution in [3.8, 4) is 0 Å². The van der Waals surface area contributed by atoms with Gasteiger partial charge in [-0.1, -0.05) is 30.0 Å². The smallest absolute Gasteiger partial charge is 0.189 e. The van der Waals surface area contributed by atoms with E-state index in [2.05, 4.69) is 20.2 Å². The van der Waals surface area contributed by atoms with Crippen LogP contribution in [0.4, 0.5) is 5.82 Å². The molecule has 0 fully saturated rings. The molecule has 0 radical (unpaired) electrons. The molecule has 0 spiro atoms. The molecule has 0 saturated carbocycles. The third kappa shape index (κ3) is 1.57. The van der Waals surface area contributed by atoms with E-state index in [-0.39, 0.29) is 0 Å². The first-order valence-corrected chi connectivity index (χ1v) is 6.66. The van der Waals surface area contributed by atoms with Gasteiger partial charge in [-0.15, -0.1) is 10.2 Å². The summed E-state index contributed by atoms with van der Waals surface area (Å²) in [5.41, 5.74) is 9.15. The van der Waals surface area contributed by atoms with E-state index in [1.807, 2.05) is 31.4 Å². The highest BCUT2D eigenvalue weighted by Crippen LogP contribution is 2.26. The van der Waals surface area contributed by atoms with Crippen LogP contribution in [0.2, 0.25) is 0 Å². The van der Waals surface area contributed by atoms with Gasteiger partial charge in [0.05, 0.1) is 5.52 Å². The van der Waals surface area contributed by atoms with E-state index < -0.39 is 0 Å². The van der Waals surface area contributed by atoms with Crippen LogP contribution in [0.15, 0.2) is 23.4 Å². The number of rotatable bonds is 1. The summed E-state index contributed by atoms with van der Waals surface area (Å²) >= 11 is 1.46. The fourth-order valence-corrected chi connectivity index (χ4v) is 2.28. The van der Waals surface area contributed by atoms with Crippen molar-refractivity contribution in [3.63, 3.8) is 0 Å². The number of fused-ring (bicyclic) bond motifs is 3. The van der Waals surface area contributed by atoms with Gasteiger partial charge in [0.2, 0.25) is 0 Å². The Bertz CT molecular complexity index is 756. The minimum absolute atomic E-state index is 0.375. The van der Waals surface area contributed by atoms with Crippen LogP contribution in [0, 0.1) is 6.92 Å². The number of nitrogens with zero attached hydrogens (tertiary/aromatic N) is 4. The summed E-state index contributed by atoms with van der Waals surface area (Å²) in [7, 11) is 0. The van der Waals surface area contributed by atoms with Gasteiger partial charge in [-0.05, 0) is 18.7 Å². The Morgan fingerprint density at radius 2 is 1.83 bits per heavy atom. The van der Waals surface area contributed by atoms with Crippen molar-refractivity contribution in [2.45, 2.75) is 12.1 Å². The highest BCUT2D eigenvalue weighted by molar-refractivity contribution is 7.98. The van der Waals surface area contributed by atoms with Crippen LogP contribution >= 0.6 is 11.8 Å². The largest absolute Gasteiger partial charge is 0.382 e. The Morgan fingerprint density at radius 1 is 1.06 bits per heavy atom. The lowest BCUT2D eigenvalue weighted by molar-refractivity contribution is 0.997. The molecule has 5 nitrogen and oxygen atoms in total. The molecule has 3 aromatic rings. The van der Waals surface area contributed by atoms with Gasteiger partial charge in [-0.2, -0.15) is 0 Å². The van der Waals surface area contributed by atoms with Crippen molar-refractivity contribution in [1.29, 1.82) is 0 Å². The Hall–Kier alpha value is -1.95. The Kier molecular flexibility index (Phi) is 2.52. The third-order valence-electron chi connectivity index (χ3n) is 2.82. The molecule has 0 atom stereocenters. The average molecular weight is 257 g/mol. The number of hydrogen-bond donors (Lipinski definition) is 1. The monoisotopic (exact) mass is 257 g/mol. The van der Waals surface area contributed by atoms with Gasteiger partial charge in [0.15, 0.2) is 16.5 Å². The van der Waals surface area contributed by atoms with E-state index >= 15 is 0 Å². The molecule has 6 heteroatoms. The van der Waals surface area contributed by atoms with Crippen molar-refractivity contribution in [2.24, 2.45) is 0 Å². The molecular weight excluding hydrogens is 246 g/mol. The molecule has 2 aromatic heterocycles. The molecule has 0 aliphatic heterocycles. The summed E-state index contributed by atoms with van der Waals surface area (Å²) in [5.74, 6) is 0.375. The van der Waals surface area contributed by atoms with Crippen LogP contribution in [-0.2, 0) is 0 Å². The van der Waals surface area contributed by atoms with Crippen LogP contribution in [0.1, 0.15) is 5.56 Å². The summed E-state index contributed by atoms with van der Waals surface area (Å²) in [4.78, 5) is 8.67. The first-order valence-electron chi connectivity index (χ1n) is 5.44. The van der Waals surface area contributed by atoms with Crippen molar-refractivity contribution >= 4 is 39.5 Å². The van der Waals surface area contributed by atoms with Crippen molar-refractivity contribution in [1.82, 2.24) is 20.2 Å². The molecule has 18 heavy (non-hydrogen) atoms. The van der Waals surface area contributed by atoms with Gasteiger partial charge in [-0.25, -0.2) is 9.97 Å². The van der Waals surface area contributed by atoms with Crippen molar-refractivity contribution in [2.75, 3.05) is 12.0 Å². The van der Waals surface area contributed by atoms with Gasteiger partial charge in [-0.3, -0.25) is 0 Å². The molecule has 2 N–H and O–H groups in total. The molecule has 0 saturated heterocycles. The van der Waals surface area contributed by atoms with Crippen LogP contribution in [0.5, 0.6) is 0 Å². The number of thioether (sulfide) groups is 1. The van der Waals surface area contributed by atoms with Crippen LogP contribution in [0.25, 0.3) is 21.9 Å². The van der Waals surface area contributed by atoms with E-state index in [4.69, 9.17) is 5.73 Å². The highest BCUT2D eigenvalue weighted by Gasteiger charge is 2.11. The van der Waals surface area contributed by atoms with Crippen molar-refractivity contribution < 1.29 is 0 Å². The van der Waals surface area contributed by atoms with Crippen molar-refractivity contribution in [3.05, 3.63) is 23.8 Å². The molecule has 1 aromatic carbocycles. The maximum absolute atomic E-state index is 5.89. The Balaban J connectivity index is 2.53. The zero-order valence-corrected chi connectivity index (χ0v) is 10.8. The fourth-order valence-electron chi connectivity index (χ4n) is 1.91. The SMILES string of the molecule is CSc1nc(N)c2nnc3c(C)cccc3c2n1. The second kappa shape index (κ2) is 4.06. The van der Waals surface area contributed by atoms with Gasteiger partial charge in [0.25, 0.3) is 0 Å². The molecule has 0 aliphatic carbocycles. The molecule has 90 valence electrons. The number of anilines is 1. The topological polar surface area (TPSA) is 77.6 Å². The second-order valence-electron chi connectivity index (χ2n) is 3.96. The maximum atomic E-state index is 5.89. The molecule has 0 aliphatic rings. The second-order valence-corrected chi connectivity index (χ2v) is 4.74. The zero-order chi connectivity index (χ0) is 12.7. The Labute approximate surface area is 108 Å². The summed E-state index contributed by atoms with van der Waals surface area (Å²) in [5, 5.41) is 9.96. The number of nitrogen functional groups attached to an aromatic ring is 1. The number of hydrogen-bond acceptors (Lipinski definition) is 6. The maximum Gasteiger partial charge on any atom is 0.189 e. The number of benzene rings is 1. The quantitative estimate of drug-likeness (QED) is 0.409. The van der Waals surface area contributed by atoms with Crippen LogP contribution < -0.4 is 5.73 Å². The molecule has 0 unspecified atom stereocenters. The van der Waals surface area contributed by atoms with Crippen LogP contribution in [-0.4, -0.2) is 26.4 Å². The predicted molar refractivity (Wildman–Crippen MR) is 73.6 cm³/mol. The Morgan fingerprint density at radius 3 is 2.61 bits per heavy atom. The van der Waals surface area contributed by atoms with Crippen LogP contribution in [0.3, 0.4) is 0 Å². The van der Waals surface area contributed by atoms with E-state index in [0.29, 0.717) is 16.5 Å². The van der Waals surface area contributed by atoms with E-state index in [1.54, 1.807) is 0 Å². The van der Waals surface area contributed by atoms with Gasteiger partial charge < -0.3 is 5.73 Å². The van der Waals surface area contributed by atoms with Gasteiger partial charge in [0, 0.05) is 5.39 Å².